The summed E-state index contributed by atoms with van der Waals surface area (Å²) in [6.45, 7) is 4.44. The first-order valence-electron chi connectivity index (χ1n) is 7.52. The molecule has 21 heavy (non-hydrogen) atoms. The number of nitrogens with one attached hydrogen (secondary N) is 2. The lowest BCUT2D eigenvalue weighted by Crippen LogP contribution is -2.46. The van der Waals surface area contributed by atoms with Gasteiger partial charge in [-0.1, -0.05) is 6.42 Å². The molecule has 0 aliphatic carbocycles. The minimum absolute atomic E-state index is 0.0884. The van der Waals surface area contributed by atoms with Crippen LogP contribution in [0.5, 0.6) is 0 Å². The second kappa shape index (κ2) is 7.65. The van der Waals surface area contributed by atoms with Crippen LogP contribution in [0, 0.1) is 11.3 Å². The van der Waals surface area contributed by atoms with Gasteiger partial charge in [0.15, 0.2) is 0 Å². The molecular formula is C16H22N4O. The normalized spacial score (nSPS) is 17.8. The Hall–Kier alpha value is -2.06. The van der Waals surface area contributed by atoms with E-state index >= 15 is 0 Å². The van der Waals surface area contributed by atoms with E-state index in [9.17, 15) is 4.79 Å². The second-order valence-electron chi connectivity index (χ2n) is 5.30. The van der Waals surface area contributed by atoms with E-state index in [2.05, 4.69) is 16.7 Å². The van der Waals surface area contributed by atoms with Crippen molar-refractivity contribution in [2.75, 3.05) is 25.0 Å². The van der Waals surface area contributed by atoms with Crippen LogP contribution < -0.4 is 10.6 Å². The van der Waals surface area contributed by atoms with Crippen molar-refractivity contribution in [2.24, 2.45) is 0 Å². The Bertz CT molecular complexity index is 500. The third-order valence-corrected chi connectivity index (χ3v) is 3.79. The van der Waals surface area contributed by atoms with Crippen molar-refractivity contribution in [3.8, 4) is 6.07 Å². The number of piperidine rings is 1. The first-order valence-corrected chi connectivity index (χ1v) is 7.52. The van der Waals surface area contributed by atoms with Gasteiger partial charge in [-0.3, -0.25) is 0 Å². The molecule has 1 heterocycles. The van der Waals surface area contributed by atoms with E-state index in [1.54, 1.807) is 24.3 Å². The maximum atomic E-state index is 12.3. The van der Waals surface area contributed by atoms with Crippen LogP contribution in [0.3, 0.4) is 0 Å². The Kier molecular flexibility index (Phi) is 5.59. The molecule has 2 amide bonds. The van der Waals surface area contributed by atoms with Gasteiger partial charge >= 0.3 is 6.03 Å². The van der Waals surface area contributed by atoms with E-state index in [0.29, 0.717) is 23.8 Å². The quantitative estimate of drug-likeness (QED) is 0.893. The standard InChI is InChI=1S/C16H22N4O/c1-2-20(12-15-5-3-4-10-18-15)16(21)19-14-8-6-13(11-17)7-9-14/h6-9,15,18H,2-5,10,12H2,1H3,(H,19,21). The van der Waals surface area contributed by atoms with Gasteiger partial charge in [-0.25, -0.2) is 4.79 Å². The zero-order valence-electron chi connectivity index (χ0n) is 12.4. The molecule has 1 aliphatic rings. The summed E-state index contributed by atoms with van der Waals surface area (Å²) in [5.74, 6) is 0. The molecule has 1 aromatic rings. The first-order chi connectivity index (χ1) is 10.2. The molecule has 1 unspecified atom stereocenters. The highest BCUT2D eigenvalue weighted by molar-refractivity contribution is 5.89. The molecule has 2 rings (SSSR count). The van der Waals surface area contributed by atoms with Crippen molar-refractivity contribution in [1.82, 2.24) is 10.2 Å². The number of amides is 2. The lowest BCUT2D eigenvalue weighted by Gasteiger charge is -2.30. The molecule has 1 atom stereocenters. The number of likely N-dealkylation sites (N-methyl/N-ethyl adjacent to an activating group) is 1. The molecule has 1 aromatic carbocycles. The summed E-state index contributed by atoms with van der Waals surface area (Å²) >= 11 is 0. The maximum Gasteiger partial charge on any atom is 0.321 e. The van der Waals surface area contributed by atoms with Crippen LogP contribution >= 0.6 is 0 Å². The SMILES string of the molecule is CCN(CC1CCCCN1)C(=O)Nc1ccc(C#N)cc1. The predicted molar refractivity (Wildman–Crippen MR) is 83.1 cm³/mol. The molecule has 0 saturated carbocycles. The average molecular weight is 286 g/mol. The van der Waals surface area contributed by atoms with Crippen molar-refractivity contribution in [2.45, 2.75) is 32.2 Å². The highest BCUT2D eigenvalue weighted by Gasteiger charge is 2.19. The number of nitriles is 1. The molecule has 1 saturated heterocycles. The summed E-state index contributed by atoms with van der Waals surface area (Å²) < 4.78 is 0. The van der Waals surface area contributed by atoms with Crippen LogP contribution in [0.1, 0.15) is 31.7 Å². The van der Waals surface area contributed by atoms with Gasteiger partial charge in [0.2, 0.25) is 0 Å². The minimum atomic E-state index is -0.0884. The topological polar surface area (TPSA) is 68.2 Å². The van der Waals surface area contributed by atoms with Crippen LogP contribution in [-0.4, -0.2) is 36.6 Å². The summed E-state index contributed by atoms with van der Waals surface area (Å²) in [5.41, 5.74) is 1.31. The van der Waals surface area contributed by atoms with Gasteiger partial charge < -0.3 is 15.5 Å². The molecule has 0 bridgehead atoms. The molecule has 0 aromatic heterocycles. The molecule has 5 nitrogen and oxygen atoms in total. The van der Waals surface area contributed by atoms with Crippen LogP contribution in [0.2, 0.25) is 0 Å². The monoisotopic (exact) mass is 286 g/mol. The minimum Gasteiger partial charge on any atom is -0.323 e. The highest BCUT2D eigenvalue weighted by atomic mass is 16.2. The molecule has 1 fully saturated rings. The number of urea groups is 1. The Morgan fingerprint density at radius 2 is 2.19 bits per heavy atom. The molecule has 0 spiro atoms. The number of nitrogens with zero attached hydrogens (tertiary/aromatic N) is 2. The summed E-state index contributed by atoms with van der Waals surface area (Å²) in [4.78, 5) is 14.1. The molecule has 5 heteroatoms. The average Bonchev–Trinajstić information content (AvgIpc) is 2.54. The largest absolute Gasteiger partial charge is 0.323 e. The number of carbonyl (C=O) groups is 1. The van der Waals surface area contributed by atoms with Crippen molar-refractivity contribution < 1.29 is 4.79 Å². The lowest BCUT2D eigenvalue weighted by atomic mass is 10.0. The van der Waals surface area contributed by atoms with E-state index in [1.165, 1.54) is 12.8 Å². The predicted octanol–water partition coefficient (Wildman–Crippen LogP) is 2.55. The summed E-state index contributed by atoms with van der Waals surface area (Å²) in [5, 5.41) is 15.1. The Balaban J connectivity index is 1.90. The summed E-state index contributed by atoms with van der Waals surface area (Å²) in [6, 6.07) is 9.28. The van der Waals surface area contributed by atoms with E-state index in [0.717, 1.165) is 19.5 Å². The molecule has 1 aliphatic heterocycles. The first kappa shape index (κ1) is 15.3. The van der Waals surface area contributed by atoms with E-state index in [4.69, 9.17) is 5.26 Å². The van der Waals surface area contributed by atoms with Gasteiger partial charge in [0.25, 0.3) is 0 Å². The van der Waals surface area contributed by atoms with Gasteiger partial charge in [0.1, 0.15) is 0 Å². The fraction of sp³-hybridized carbons (Fsp3) is 0.500. The van der Waals surface area contributed by atoms with Gasteiger partial charge in [0.05, 0.1) is 11.6 Å². The highest BCUT2D eigenvalue weighted by Crippen LogP contribution is 2.12. The Labute approximate surface area is 125 Å². The van der Waals surface area contributed by atoms with Crippen LogP contribution in [0.25, 0.3) is 0 Å². The van der Waals surface area contributed by atoms with Crippen LogP contribution in [-0.2, 0) is 0 Å². The number of carbonyl (C=O) groups excluding carboxylic acids is 1. The third kappa shape index (κ3) is 4.47. The van der Waals surface area contributed by atoms with Crippen LogP contribution in [0.4, 0.5) is 10.5 Å². The van der Waals surface area contributed by atoms with Gasteiger partial charge in [0, 0.05) is 24.8 Å². The molecular weight excluding hydrogens is 264 g/mol. The second-order valence-corrected chi connectivity index (χ2v) is 5.30. The molecule has 0 radical (unpaired) electrons. The summed E-state index contributed by atoms with van der Waals surface area (Å²) in [7, 11) is 0. The summed E-state index contributed by atoms with van der Waals surface area (Å²) in [6.07, 6.45) is 3.58. The smallest absolute Gasteiger partial charge is 0.321 e. The Morgan fingerprint density at radius 1 is 1.43 bits per heavy atom. The zero-order valence-corrected chi connectivity index (χ0v) is 12.4. The number of rotatable bonds is 4. The van der Waals surface area contributed by atoms with Crippen molar-refractivity contribution in [3.05, 3.63) is 29.8 Å². The third-order valence-electron chi connectivity index (χ3n) is 3.79. The molecule has 2 N–H and O–H groups in total. The fourth-order valence-electron chi connectivity index (χ4n) is 2.53. The number of anilines is 1. The van der Waals surface area contributed by atoms with Gasteiger partial charge in [-0.2, -0.15) is 5.26 Å². The van der Waals surface area contributed by atoms with Crippen LogP contribution in [0.15, 0.2) is 24.3 Å². The maximum absolute atomic E-state index is 12.3. The number of hydrogen-bond donors (Lipinski definition) is 2. The molecule has 112 valence electrons. The number of benzene rings is 1. The fourth-order valence-corrected chi connectivity index (χ4v) is 2.53. The Morgan fingerprint density at radius 3 is 2.76 bits per heavy atom. The van der Waals surface area contributed by atoms with E-state index in [1.807, 2.05) is 11.8 Å². The lowest BCUT2D eigenvalue weighted by molar-refractivity contribution is 0.203. The van der Waals surface area contributed by atoms with E-state index < -0.39 is 0 Å². The van der Waals surface area contributed by atoms with Gasteiger partial charge in [-0.15, -0.1) is 0 Å². The van der Waals surface area contributed by atoms with Crippen molar-refractivity contribution in [3.63, 3.8) is 0 Å². The van der Waals surface area contributed by atoms with Crippen molar-refractivity contribution >= 4 is 11.7 Å². The van der Waals surface area contributed by atoms with E-state index in [-0.39, 0.29) is 6.03 Å². The van der Waals surface area contributed by atoms with Gasteiger partial charge in [-0.05, 0) is 50.6 Å². The van der Waals surface area contributed by atoms with Crippen molar-refractivity contribution in [1.29, 1.82) is 5.26 Å². The number of hydrogen-bond acceptors (Lipinski definition) is 3. The zero-order chi connectivity index (χ0) is 15.1.